The smallest absolute Gasteiger partial charge is 0.357 e. The minimum Gasteiger partial charge on any atom is -0.357 e. The van der Waals surface area contributed by atoms with E-state index >= 15 is 0 Å². The summed E-state index contributed by atoms with van der Waals surface area (Å²) in [5.41, 5.74) is 0. The molecule has 0 radical (unpaired) electrons. The van der Waals surface area contributed by atoms with Gasteiger partial charge in [-0.05, 0) is 0 Å². The summed E-state index contributed by atoms with van der Waals surface area (Å²) in [7, 11) is 6.26. The van der Waals surface area contributed by atoms with Crippen LogP contribution in [0.3, 0.4) is 0 Å². The molecule has 0 bridgehead atoms. The van der Waals surface area contributed by atoms with E-state index in [1.54, 1.807) is 26.0 Å². The highest BCUT2D eigenvalue weighted by Gasteiger charge is 2.30. The summed E-state index contributed by atoms with van der Waals surface area (Å²) in [6.45, 7) is -1.12. The number of alkyl halides is 3. The van der Waals surface area contributed by atoms with Gasteiger partial charge in [-0.2, -0.15) is 28.1 Å². The van der Waals surface area contributed by atoms with E-state index < -0.39 is 12.7 Å². The molecule has 0 aliphatic heterocycles. The fraction of sp³-hybridized carbons (Fsp3) is 0.667. The monoisotopic (exact) mass is 264 g/mol. The van der Waals surface area contributed by atoms with Gasteiger partial charge >= 0.3 is 6.18 Å². The van der Waals surface area contributed by atoms with E-state index in [1.807, 2.05) is 0 Å². The van der Waals surface area contributed by atoms with Crippen molar-refractivity contribution in [3.63, 3.8) is 0 Å². The van der Waals surface area contributed by atoms with Crippen LogP contribution in [0.25, 0.3) is 0 Å². The van der Waals surface area contributed by atoms with Crippen LogP contribution in [0.1, 0.15) is 0 Å². The highest BCUT2D eigenvalue weighted by atomic mass is 19.4. The van der Waals surface area contributed by atoms with Gasteiger partial charge in [-0.3, -0.25) is 0 Å². The van der Waals surface area contributed by atoms with E-state index in [4.69, 9.17) is 0 Å². The van der Waals surface area contributed by atoms with Gasteiger partial charge in [-0.25, -0.2) is 0 Å². The summed E-state index contributed by atoms with van der Waals surface area (Å²) < 4.78 is 36.9. The second kappa shape index (κ2) is 5.23. The molecule has 0 unspecified atom stereocenters. The molecule has 1 N–H and O–H groups in total. The van der Waals surface area contributed by atoms with Gasteiger partial charge in [0.15, 0.2) is 0 Å². The van der Waals surface area contributed by atoms with Crippen molar-refractivity contribution in [2.45, 2.75) is 6.18 Å². The van der Waals surface area contributed by atoms with Crippen LogP contribution in [0.5, 0.6) is 0 Å². The Morgan fingerprint density at radius 2 is 1.61 bits per heavy atom. The maximum atomic E-state index is 12.3. The van der Waals surface area contributed by atoms with Crippen molar-refractivity contribution < 1.29 is 13.2 Å². The molecule has 1 rings (SSSR count). The van der Waals surface area contributed by atoms with Gasteiger partial charge in [0.25, 0.3) is 0 Å². The molecule has 18 heavy (non-hydrogen) atoms. The van der Waals surface area contributed by atoms with Gasteiger partial charge in [0.05, 0.1) is 0 Å². The van der Waals surface area contributed by atoms with Gasteiger partial charge in [0.1, 0.15) is 6.54 Å². The minimum absolute atomic E-state index is 0.0321. The number of hydrogen-bond donors (Lipinski definition) is 1. The van der Waals surface area contributed by atoms with E-state index in [-0.39, 0.29) is 11.9 Å². The average Bonchev–Trinajstić information content (AvgIpc) is 2.26. The van der Waals surface area contributed by atoms with Crippen LogP contribution in [-0.2, 0) is 0 Å². The molecule has 0 amide bonds. The highest BCUT2D eigenvalue weighted by molar-refractivity contribution is 5.43. The summed E-state index contributed by atoms with van der Waals surface area (Å²) in [4.78, 5) is 14.4. The van der Waals surface area contributed by atoms with Crippen LogP contribution in [0, 0.1) is 0 Å². The Balaban J connectivity index is 3.04. The third kappa shape index (κ3) is 3.90. The predicted molar refractivity (Wildman–Crippen MR) is 63.0 cm³/mol. The normalized spacial score (nSPS) is 11.3. The van der Waals surface area contributed by atoms with Gasteiger partial charge < -0.3 is 15.1 Å². The zero-order chi connectivity index (χ0) is 13.9. The third-order valence-corrected chi connectivity index (χ3v) is 1.99. The Hall–Kier alpha value is -1.80. The molecule has 1 aromatic rings. The van der Waals surface area contributed by atoms with Crippen molar-refractivity contribution >= 4 is 17.8 Å². The Morgan fingerprint density at radius 3 is 2.06 bits per heavy atom. The third-order valence-electron chi connectivity index (χ3n) is 1.99. The lowest BCUT2D eigenvalue weighted by molar-refractivity contribution is -0.119. The topological polar surface area (TPSA) is 57.2 Å². The minimum atomic E-state index is -4.31. The Labute approximate surface area is 103 Å². The molecule has 0 saturated heterocycles. The second-order valence-electron chi connectivity index (χ2n) is 3.87. The van der Waals surface area contributed by atoms with Crippen LogP contribution >= 0.6 is 0 Å². The zero-order valence-electron chi connectivity index (χ0n) is 10.6. The first-order chi connectivity index (χ1) is 8.23. The Kier molecular flexibility index (Phi) is 4.15. The lowest BCUT2D eigenvalue weighted by Gasteiger charge is -2.20. The molecule has 0 fully saturated rings. The Morgan fingerprint density at radius 1 is 1.06 bits per heavy atom. The first-order valence-corrected chi connectivity index (χ1v) is 5.12. The number of hydrogen-bond acceptors (Lipinski definition) is 6. The highest BCUT2D eigenvalue weighted by Crippen LogP contribution is 2.20. The number of rotatable bonds is 4. The fourth-order valence-corrected chi connectivity index (χ4v) is 1.18. The van der Waals surface area contributed by atoms with Crippen molar-refractivity contribution in [1.82, 2.24) is 15.0 Å². The van der Waals surface area contributed by atoms with Crippen molar-refractivity contribution in [1.29, 1.82) is 0 Å². The molecule has 0 saturated carbocycles. The molecule has 102 valence electrons. The van der Waals surface area contributed by atoms with Crippen molar-refractivity contribution in [3.05, 3.63) is 0 Å². The molecule has 6 nitrogen and oxygen atoms in total. The van der Waals surface area contributed by atoms with Crippen molar-refractivity contribution in [2.75, 3.05) is 49.9 Å². The molecule has 1 heterocycles. The fourth-order valence-electron chi connectivity index (χ4n) is 1.18. The Bertz CT molecular complexity index is 406. The number of halogens is 3. The van der Waals surface area contributed by atoms with E-state index in [2.05, 4.69) is 20.3 Å². The maximum absolute atomic E-state index is 12.3. The summed E-state index contributed by atoms with van der Waals surface area (Å²) >= 11 is 0. The van der Waals surface area contributed by atoms with E-state index in [0.29, 0.717) is 5.95 Å². The molecule has 0 aromatic carbocycles. The average molecular weight is 264 g/mol. The summed E-state index contributed by atoms with van der Waals surface area (Å²) in [6, 6.07) is 0. The van der Waals surface area contributed by atoms with Crippen LogP contribution < -0.4 is 15.1 Å². The maximum Gasteiger partial charge on any atom is 0.406 e. The molecule has 0 atom stereocenters. The summed E-state index contributed by atoms with van der Waals surface area (Å²) in [5.74, 6) is 0.478. The van der Waals surface area contributed by atoms with E-state index in [1.165, 1.54) is 7.05 Å². The van der Waals surface area contributed by atoms with E-state index in [9.17, 15) is 13.2 Å². The van der Waals surface area contributed by atoms with Crippen LogP contribution in [-0.4, -0.2) is 55.9 Å². The second-order valence-corrected chi connectivity index (χ2v) is 3.87. The van der Waals surface area contributed by atoms with E-state index in [0.717, 1.165) is 4.90 Å². The lowest BCUT2D eigenvalue weighted by atomic mass is 10.5. The lowest BCUT2D eigenvalue weighted by Crippen LogP contribution is -2.32. The van der Waals surface area contributed by atoms with Gasteiger partial charge in [0.2, 0.25) is 17.8 Å². The predicted octanol–water partition coefficient (Wildman–Crippen LogP) is 0.978. The number of nitrogens with one attached hydrogen (secondary N) is 1. The first kappa shape index (κ1) is 14.3. The largest absolute Gasteiger partial charge is 0.406 e. The molecule has 0 spiro atoms. The molecular formula is C9H15F3N6. The van der Waals surface area contributed by atoms with Crippen molar-refractivity contribution in [2.24, 2.45) is 0 Å². The van der Waals surface area contributed by atoms with Gasteiger partial charge in [-0.1, -0.05) is 0 Å². The summed E-state index contributed by atoms with van der Waals surface area (Å²) in [5, 5.41) is 2.68. The molecule has 9 heteroatoms. The standard InChI is InChI=1S/C9H15F3N6/c1-13-6-14-7(17(2)3)16-8(15-6)18(4)5-9(10,11)12/h5H2,1-4H3,(H,13,14,15,16). The molecule has 0 aliphatic carbocycles. The molecular weight excluding hydrogens is 249 g/mol. The zero-order valence-corrected chi connectivity index (χ0v) is 10.6. The molecule has 0 aliphatic rings. The number of nitrogens with zero attached hydrogens (tertiary/aromatic N) is 5. The first-order valence-electron chi connectivity index (χ1n) is 5.12. The van der Waals surface area contributed by atoms with Crippen molar-refractivity contribution in [3.8, 4) is 0 Å². The summed E-state index contributed by atoms with van der Waals surface area (Å²) in [6.07, 6.45) is -4.31. The number of aromatic nitrogens is 3. The SMILES string of the molecule is CNc1nc(N(C)C)nc(N(C)CC(F)(F)F)n1. The van der Waals surface area contributed by atoms with Crippen LogP contribution in [0.15, 0.2) is 0 Å². The molecule has 1 aromatic heterocycles. The number of anilines is 3. The van der Waals surface area contributed by atoms with Gasteiger partial charge in [0, 0.05) is 28.2 Å². The van der Waals surface area contributed by atoms with Gasteiger partial charge in [-0.15, -0.1) is 0 Å². The van der Waals surface area contributed by atoms with Crippen LogP contribution in [0.4, 0.5) is 31.0 Å². The van der Waals surface area contributed by atoms with Crippen LogP contribution in [0.2, 0.25) is 0 Å². The quantitative estimate of drug-likeness (QED) is 0.874.